The third-order valence-electron chi connectivity index (χ3n) is 2.17. The van der Waals surface area contributed by atoms with E-state index in [-0.39, 0.29) is 0 Å². The summed E-state index contributed by atoms with van der Waals surface area (Å²) in [4.78, 5) is 1.28. The van der Waals surface area contributed by atoms with E-state index in [2.05, 4.69) is 19.9 Å². The lowest BCUT2D eigenvalue weighted by Crippen LogP contribution is -1.72. The van der Waals surface area contributed by atoms with Crippen molar-refractivity contribution in [1.82, 2.24) is 0 Å². The molecular formula is C10H7Cl2S. The van der Waals surface area contributed by atoms with Crippen molar-refractivity contribution >= 4 is 44.6 Å². The number of fused-ring (bicyclic) bond motifs is 1. The second-order valence-corrected chi connectivity index (χ2v) is 4.92. The maximum absolute atomic E-state index is 6.06. The first-order valence-corrected chi connectivity index (χ1v) is 5.44. The first-order chi connectivity index (χ1) is 6.11. The Morgan fingerprint density at radius 2 is 2.00 bits per heavy atom. The van der Waals surface area contributed by atoms with Crippen LogP contribution in [0.2, 0.25) is 10.0 Å². The van der Waals surface area contributed by atoms with E-state index in [0.717, 1.165) is 10.1 Å². The summed E-state index contributed by atoms with van der Waals surface area (Å²) in [5.41, 5.74) is 1.27. The predicted octanol–water partition coefficient (Wildman–Crippen LogP) is 4.63. The van der Waals surface area contributed by atoms with Gasteiger partial charge < -0.3 is 0 Å². The molecule has 0 atom stereocenters. The maximum Gasteiger partial charge on any atom is 0.0776 e. The number of hydrogen-bond acceptors (Lipinski definition) is 1. The van der Waals surface area contributed by atoms with Gasteiger partial charge in [-0.2, -0.15) is 0 Å². The maximum atomic E-state index is 6.06. The van der Waals surface area contributed by atoms with Gasteiger partial charge in [0.25, 0.3) is 0 Å². The van der Waals surface area contributed by atoms with Crippen LogP contribution >= 0.6 is 34.5 Å². The Balaban J connectivity index is 2.94. The molecule has 1 radical (unpaired) electrons. The molecule has 0 aliphatic carbocycles. The summed E-state index contributed by atoms with van der Waals surface area (Å²) in [6.45, 7) is 4.18. The van der Waals surface area contributed by atoms with Crippen LogP contribution < -0.4 is 0 Å². The Labute approximate surface area is 91.1 Å². The molecule has 13 heavy (non-hydrogen) atoms. The monoisotopic (exact) mass is 229 g/mol. The smallest absolute Gasteiger partial charge is 0.0776 e. The number of aryl methyl sites for hydroxylation is 2. The van der Waals surface area contributed by atoms with Gasteiger partial charge in [-0.1, -0.05) is 23.2 Å². The largest absolute Gasteiger partial charge is 0.139 e. The minimum atomic E-state index is 0.510. The topological polar surface area (TPSA) is 0 Å². The summed E-state index contributed by atoms with van der Waals surface area (Å²) >= 11 is 13.6. The molecule has 1 heterocycles. The normalized spacial score (nSPS) is 11.1. The first kappa shape index (κ1) is 9.32. The van der Waals surface area contributed by atoms with Gasteiger partial charge in [-0.25, -0.2) is 0 Å². The summed E-state index contributed by atoms with van der Waals surface area (Å²) in [6, 6.07) is 4.84. The second-order valence-electron chi connectivity index (χ2n) is 2.94. The van der Waals surface area contributed by atoms with Gasteiger partial charge in [0.1, 0.15) is 0 Å². The lowest BCUT2D eigenvalue weighted by molar-refractivity contribution is 1.47. The summed E-state index contributed by atoms with van der Waals surface area (Å²) in [5.74, 6) is 0. The van der Waals surface area contributed by atoms with Crippen LogP contribution in [0.3, 0.4) is 0 Å². The fraction of sp³-hybridized carbons (Fsp3) is 0.200. The summed E-state index contributed by atoms with van der Waals surface area (Å²) in [6.07, 6.45) is 0. The van der Waals surface area contributed by atoms with E-state index in [9.17, 15) is 0 Å². The summed E-state index contributed by atoms with van der Waals surface area (Å²) in [5, 5.41) is 2.30. The van der Waals surface area contributed by atoms with Gasteiger partial charge in [0.2, 0.25) is 0 Å². The molecule has 0 N–H and O–H groups in total. The molecule has 2 aromatic rings. The van der Waals surface area contributed by atoms with E-state index >= 15 is 0 Å². The van der Waals surface area contributed by atoms with Crippen LogP contribution in [0.15, 0.2) is 6.07 Å². The van der Waals surface area contributed by atoms with Gasteiger partial charge in [-0.05, 0) is 30.9 Å². The fourth-order valence-electron chi connectivity index (χ4n) is 1.28. The van der Waals surface area contributed by atoms with Crippen molar-refractivity contribution in [2.75, 3.05) is 0 Å². The Morgan fingerprint density at radius 1 is 1.31 bits per heavy atom. The molecule has 0 saturated heterocycles. The Morgan fingerprint density at radius 3 is 2.69 bits per heavy atom. The van der Waals surface area contributed by atoms with Crippen molar-refractivity contribution in [1.29, 1.82) is 0 Å². The van der Waals surface area contributed by atoms with Crippen molar-refractivity contribution in [2.45, 2.75) is 13.8 Å². The van der Waals surface area contributed by atoms with Crippen molar-refractivity contribution < 1.29 is 0 Å². The second kappa shape index (κ2) is 3.16. The molecule has 3 heteroatoms. The molecule has 0 bridgehead atoms. The highest BCUT2D eigenvalue weighted by molar-refractivity contribution is 7.20. The Bertz CT molecular complexity index is 471. The van der Waals surface area contributed by atoms with Gasteiger partial charge in [0, 0.05) is 10.9 Å². The highest BCUT2D eigenvalue weighted by Gasteiger charge is 2.10. The fourth-order valence-corrected chi connectivity index (χ4v) is 2.84. The molecule has 67 valence electrons. The third kappa shape index (κ3) is 1.35. The van der Waals surface area contributed by atoms with E-state index in [1.807, 2.05) is 6.07 Å². The van der Waals surface area contributed by atoms with Crippen LogP contribution in [0, 0.1) is 19.9 Å². The third-order valence-corrected chi connectivity index (χ3v) is 4.29. The first-order valence-electron chi connectivity index (χ1n) is 3.86. The highest BCUT2D eigenvalue weighted by Crippen LogP contribution is 2.38. The lowest BCUT2D eigenvalue weighted by atomic mass is 10.1. The quantitative estimate of drug-likeness (QED) is 0.619. The zero-order valence-corrected chi connectivity index (χ0v) is 9.57. The SMILES string of the molecule is Cc1sc2c(Cl)c(Cl)[c]cc2c1C. The molecule has 0 spiro atoms. The van der Waals surface area contributed by atoms with Crippen LogP contribution in [0.1, 0.15) is 10.4 Å². The molecule has 0 aliphatic rings. The van der Waals surface area contributed by atoms with Gasteiger partial charge in [-0.3, -0.25) is 0 Å². The highest BCUT2D eigenvalue weighted by atomic mass is 35.5. The van der Waals surface area contributed by atoms with Crippen molar-refractivity contribution in [3.63, 3.8) is 0 Å². The Hall–Kier alpha value is -0.240. The molecule has 1 aromatic heterocycles. The molecule has 2 rings (SSSR count). The van der Waals surface area contributed by atoms with Crippen LogP contribution in [-0.4, -0.2) is 0 Å². The molecule has 1 aromatic carbocycles. The number of rotatable bonds is 0. The van der Waals surface area contributed by atoms with E-state index in [4.69, 9.17) is 23.2 Å². The average Bonchev–Trinajstić information content (AvgIpc) is 2.38. The zero-order valence-electron chi connectivity index (χ0n) is 7.24. The number of halogens is 2. The lowest BCUT2D eigenvalue weighted by Gasteiger charge is -1.96. The van der Waals surface area contributed by atoms with E-state index in [0.29, 0.717) is 10.0 Å². The minimum absolute atomic E-state index is 0.510. The van der Waals surface area contributed by atoms with E-state index in [1.54, 1.807) is 11.3 Å². The Kier molecular flexibility index (Phi) is 2.26. The molecule has 0 fully saturated rings. The average molecular weight is 230 g/mol. The number of hydrogen-bond donors (Lipinski definition) is 0. The van der Waals surface area contributed by atoms with Gasteiger partial charge in [0.05, 0.1) is 14.7 Å². The summed E-state index contributed by atoms with van der Waals surface area (Å²) < 4.78 is 1.07. The van der Waals surface area contributed by atoms with Crippen LogP contribution in [0.5, 0.6) is 0 Å². The molecular weight excluding hydrogens is 223 g/mol. The van der Waals surface area contributed by atoms with Crippen molar-refractivity contribution in [3.8, 4) is 0 Å². The predicted molar refractivity (Wildman–Crippen MR) is 60.2 cm³/mol. The zero-order chi connectivity index (χ0) is 9.59. The number of thiophene rings is 1. The summed E-state index contributed by atoms with van der Waals surface area (Å²) in [7, 11) is 0. The van der Waals surface area contributed by atoms with Crippen LogP contribution in [0.4, 0.5) is 0 Å². The molecule has 0 aliphatic heterocycles. The van der Waals surface area contributed by atoms with E-state index in [1.165, 1.54) is 10.4 Å². The van der Waals surface area contributed by atoms with Crippen molar-refractivity contribution in [3.05, 3.63) is 32.6 Å². The van der Waals surface area contributed by atoms with Crippen molar-refractivity contribution in [2.24, 2.45) is 0 Å². The number of benzene rings is 1. The molecule has 0 saturated carbocycles. The van der Waals surface area contributed by atoms with Gasteiger partial charge in [-0.15, -0.1) is 11.3 Å². The van der Waals surface area contributed by atoms with Gasteiger partial charge in [0.15, 0.2) is 0 Å². The molecule has 0 nitrogen and oxygen atoms in total. The van der Waals surface area contributed by atoms with E-state index < -0.39 is 0 Å². The molecule has 0 unspecified atom stereocenters. The molecule has 0 amide bonds. The van der Waals surface area contributed by atoms with Gasteiger partial charge >= 0.3 is 0 Å². The van der Waals surface area contributed by atoms with Crippen LogP contribution in [-0.2, 0) is 0 Å². The van der Waals surface area contributed by atoms with Crippen LogP contribution in [0.25, 0.3) is 10.1 Å². The standard InChI is InChI=1S/C10H7Cl2S/c1-5-6(2)13-10-7(5)3-4-8(11)9(10)12/h3H,1-2H3. The minimum Gasteiger partial charge on any atom is -0.139 e.